The van der Waals surface area contributed by atoms with Gasteiger partial charge in [0.05, 0.1) is 54.6 Å². The molecule has 5 aromatic carbocycles. The van der Waals surface area contributed by atoms with Gasteiger partial charge in [0, 0.05) is 46.7 Å². The molecule has 0 radical (unpaired) electrons. The molecule has 80 heavy (non-hydrogen) atoms. The Balaban J connectivity index is 0.000000288. The molecule has 0 amide bonds. The number of aliphatic hydroxyl groups is 3. The summed E-state index contributed by atoms with van der Waals surface area (Å²) in [6.07, 6.45) is 3.92. The van der Waals surface area contributed by atoms with E-state index in [1.165, 1.54) is 10.4 Å². The van der Waals surface area contributed by atoms with E-state index in [1.807, 2.05) is 107 Å². The maximum atomic E-state index is 12.5. The first kappa shape index (κ1) is 69.8. The summed E-state index contributed by atoms with van der Waals surface area (Å²) in [5, 5.41) is 32.2. The van der Waals surface area contributed by atoms with Crippen LogP contribution in [-0.4, -0.2) is 98.0 Å². The summed E-state index contributed by atoms with van der Waals surface area (Å²) >= 11 is 1.10. The molecule has 0 spiro atoms. The number of hydrogen-bond donors (Lipinski definition) is 4. The maximum absolute atomic E-state index is 12.5. The number of nitrogens with one attached hydrogen (secondary N) is 1. The molecule has 8 aromatic rings. The summed E-state index contributed by atoms with van der Waals surface area (Å²) in [6, 6.07) is 47.1. The Morgan fingerprint density at radius 3 is 1.81 bits per heavy atom. The van der Waals surface area contributed by atoms with Crippen LogP contribution in [0.4, 0.5) is 0 Å². The fourth-order valence-electron chi connectivity index (χ4n) is 7.02. The molecular formula is C62H88LiN3O10S2Si2. The Kier molecular flexibility index (Phi) is 28.3. The molecule has 0 aliphatic carbocycles. The SMILES string of the molecule is C.CC(C)(C)[Si](C)(C)OC[C@@H]1CO1.CC(C)(C)[Si](C)(C)OC[C@H](O)Cc1cc2ccccc2n1SOOc1ccccc1.O=S(=O)(c1ccccc1)n1ccc2ccccc21.OC[C@H](O)Cc1cc2ccccc2[nH]1.[CH2-]CCC.[Li+]. The molecule has 1 aliphatic heterocycles. The van der Waals surface area contributed by atoms with Crippen molar-refractivity contribution in [2.24, 2.45) is 0 Å². The van der Waals surface area contributed by atoms with Crippen LogP contribution in [0, 0.1) is 6.92 Å². The van der Waals surface area contributed by atoms with Crippen LogP contribution in [0.1, 0.15) is 80.1 Å². The molecule has 1 aliphatic rings. The van der Waals surface area contributed by atoms with E-state index in [2.05, 4.69) is 92.6 Å². The van der Waals surface area contributed by atoms with E-state index < -0.39 is 38.9 Å². The smallest absolute Gasteiger partial charge is 0.414 e. The molecule has 0 saturated carbocycles. The number of aromatic nitrogens is 3. The van der Waals surface area contributed by atoms with Gasteiger partial charge in [-0.3, -0.25) is 3.97 Å². The molecule has 432 valence electrons. The van der Waals surface area contributed by atoms with E-state index in [9.17, 15) is 18.6 Å². The summed E-state index contributed by atoms with van der Waals surface area (Å²) < 4.78 is 50.9. The Bertz CT molecular complexity index is 3100. The zero-order valence-electron chi connectivity index (χ0n) is 48.5. The molecule has 9 rings (SSSR count). The number of aliphatic hydroxyl groups excluding tert-OH is 3. The van der Waals surface area contributed by atoms with Gasteiger partial charge in [0.1, 0.15) is 6.10 Å². The third-order valence-corrected chi connectivity index (χ3v) is 25.3. The summed E-state index contributed by atoms with van der Waals surface area (Å²) in [7, 11) is -6.92. The second-order valence-electron chi connectivity index (χ2n) is 22.2. The largest absolute Gasteiger partial charge is 1.00 e. The van der Waals surface area contributed by atoms with Gasteiger partial charge >= 0.3 is 18.9 Å². The number of epoxide rings is 1. The molecule has 0 bridgehead atoms. The van der Waals surface area contributed by atoms with E-state index in [4.69, 9.17) is 27.9 Å². The van der Waals surface area contributed by atoms with Gasteiger partial charge < -0.3 is 45.7 Å². The number of fused-ring (bicyclic) bond motifs is 3. The Labute approximate surface area is 496 Å². The maximum Gasteiger partial charge on any atom is 1.00 e. The van der Waals surface area contributed by atoms with Crippen molar-refractivity contribution in [2.45, 2.75) is 141 Å². The van der Waals surface area contributed by atoms with Crippen LogP contribution in [0.3, 0.4) is 0 Å². The fourth-order valence-corrected chi connectivity index (χ4v) is 11.1. The van der Waals surface area contributed by atoms with Gasteiger partial charge in [-0.2, -0.15) is 6.42 Å². The van der Waals surface area contributed by atoms with Gasteiger partial charge in [0.15, 0.2) is 34.6 Å². The molecule has 4 heterocycles. The molecule has 0 unspecified atom stereocenters. The quantitative estimate of drug-likeness (QED) is 0.0161. The Morgan fingerprint density at radius 1 is 0.725 bits per heavy atom. The second kappa shape index (κ2) is 32.4. The summed E-state index contributed by atoms with van der Waals surface area (Å²) in [5.41, 5.74) is 4.66. The topological polar surface area (TPSA) is 170 Å². The molecule has 1 fully saturated rings. The predicted octanol–water partition coefficient (Wildman–Crippen LogP) is 11.6. The first-order valence-electron chi connectivity index (χ1n) is 26.7. The Hall–Kier alpha value is -4.43. The molecule has 13 nitrogen and oxygen atoms in total. The van der Waals surface area contributed by atoms with E-state index in [0.717, 1.165) is 70.4 Å². The van der Waals surface area contributed by atoms with E-state index in [1.54, 1.807) is 48.7 Å². The second-order valence-corrected chi connectivity index (χ2v) is 34.3. The van der Waals surface area contributed by atoms with Crippen molar-refractivity contribution in [1.29, 1.82) is 0 Å². The third kappa shape index (κ3) is 21.1. The number of nitrogens with zero attached hydrogens (tertiary/aromatic N) is 2. The van der Waals surface area contributed by atoms with Crippen LogP contribution in [0.25, 0.3) is 32.7 Å². The third-order valence-electron chi connectivity index (χ3n) is 13.9. The Morgan fingerprint density at radius 2 is 1.25 bits per heavy atom. The number of ether oxygens (including phenoxy) is 1. The van der Waals surface area contributed by atoms with Crippen LogP contribution in [-0.2, 0) is 40.8 Å². The number of para-hydroxylation sites is 4. The molecule has 3 aromatic heterocycles. The number of aromatic amines is 1. The minimum Gasteiger partial charge on any atom is -0.414 e. The van der Waals surface area contributed by atoms with Crippen LogP contribution in [0.2, 0.25) is 36.3 Å². The molecule has 1 saturated heterocycles. The van der Waals surface area contributed by atoms with Crippen LogP contribution >= 0.6 is 12.2 Å². The molecular weight excluding hydrogens is 1070 g/mol. The van der Waals surface area contributed by atoms with Gasteiger partial charge in [-0.15, -0.1) is 0 Å². The summed E-state index contributed by atoms with van der Waals surface area (Å²) in [6.45, 7) is 29.9. The van der Waals surface area contributed by atoms with Crippen molar-refractivity contribution in [3.05, 3.63) is 176 Å². The van der Waals surface area contributed by atoms with Gasteiger partial charge in [-0.1, -0.05) is 158 Å². The number of rotatable bonds is 18. The average molecular weight is 1160 g/mol. The average Bonchev–Trinajstić information content (AvgIpc) is 3.83. The van der Waals surface area contributed by atoms with Crippen LogP contribution in [0.15, 0.2) is 163 Å². The van der Waals surface area contributed by atoms with Gasteiger partial charge in [-0.05, 0) is 102 Å². The predicted molar refractivity (Wildman–Crippen MR) is 332 cm³/mol. The van der Waals surface area contributed by atoms with Crippen molar-refractivity contribution >= 4 is 71.6 Å². The summed E-state index contributed by atoms with van der Waals surface area (Å²) in [4.78, 5) is 8.87. The van der Waals surface area contributed by atoms with Gasteiger partial charge in [0.25, 0.3) is 10.0 Å². The summed E-state index contributed by atoms with van der Waals surface area (Å²) in [5.74, 6) is 0.630. The molecule has 18 heteroatoms. The van der Waals surface area contributed by atoms with Gasteiger partial charge in [-0.25, -0.2) is 12.4 Å². The van der Waals surface area contributed by atoms with Crippen molar-refractivity contribution < 1.29 is 65.4 Å². The van der Waals surface area contributed by atoms with Crippen LogP contribution < -0.4 is 23.7 Å². The zero-order valence-corrected chi connectivity index (χ0v) is 52.2. The van der Waals surface area contributed by atoms with E-state index in [-0.39, 0.29) is 37.9 Å². The molecule has 4 N–H and O–H groups in total. The van der Waals surface area contributed by atoms with E-state index in [0.29, 0.717) is 46.8 Å². The van der Waals surface area contributed by atoms with Crippen molar-refractivity contribution in [1.82, 2.24) is 12.9 Å². The van der Waals surface area contributed by atoms with Crippen molar-refractivity contribution in [3.8, 4) is 5.75 Å². The number of hydrogen-bond acceptors (Lipinski definition) is 11. The first-order valence-corrected chi connectivity index (χ1v) is 34.6. The van der Waals surface area contributed by atoms with Crippen molar-refractivity contribution in [2.75, 3.05) is 26.4 Å². The number of H-pyrrole nitrogens is 1. The standard InChI is InChI=1S/C23H31NO4SSi.C14H11NO2S.C11H13NO2.C9H20O2Si.C4H9.CH4.Li/c1-23(2,3)30(4,5)26-17-20(25)16-19-15-18-11-9-10-14-22(18)24(19)29-28-27-21-12-7-6-8-13-21;16-18(17,13-7-2-1-3-8-13)15-11-10-12-6-4-5-9-14(12)15;13-7-10(14)6-9-5-8-3-1-2-4-11(8)12-9;1-9(2,3)12(4,5)11-7-8-6-10-8;1-3-4-2;;/h6-15,20,25H,16-17H2,1-5H3;1-11H;1-5,10,12-14H,6-7H2;8H,6-7H2,1-5H3;1,3-4H2,2H3;1H4;/q;;;;-1;;+1/t20-;;10-;8-;;;/m1.10.../s1. The minimum absolute atomic E-state index is 0. The van der Waals surface area contributed by atoms with E-state index >= 15 is 0 Å². The molecule has 3 atom stereocenters. The number of unbranched alkanes of at least 4 members (excludes halogenated alkanes) is 1. The monoisotopic (exact) mass is 1160 g/mol. The van der Waals surface area contributed by atoms with Crippen molar-refractivity contribution in [3.63, 3.8) is 0 Å². The van der Waals surface area contributed by atoms with Crippen LogP contribution in [0.5, 0.6) is 5.75 Å². The first-order chi connectivity index (χ1) is 36.9. The van der Waals surface area contributed by atoms with Gasteiger partial charge in [0.2, 0.25) is 0 Å². The normalized spacial score (nSPS) is 14.1. The minimum atomic E-state index is -3.51. The number of benzene rings is 5. The zero-order chi connectivity index (χ0) is 57.2. The fraction of sp³-hybridized carbons (Fsp3) is 0.403.